The topological polar surface area (TPSA) is 119 Å². The van der Waals surface area contributed by atoms with Crippen LogP contribution in [0.1, 0.15) is 52.8 Å². The quantitative estimate of drug-likeness (QED) is 0.173. The van der Waals surface area contributed by atoms with Gasteiger partial charge in [-0.15, -0.1) is 11.8 Å². The van der Waals surface area contributed by atoms with Gasteiger partial charge in [0.15, 0.2) is 0 Å². The number of hydrogen-bond acceptors (Lipinski definition) is 8. The first-order valence-corrected chi connectivity index (χ1v) is 19.5. The second kappa shape index (κ2) is 14.9. The number of piperazine rings is 1. The molecule has 0 unspecified atom stereocenters. The summed E-state index contributed by atoms with van der Waals surface area (Å²) in [5.41, 5.74) is 6.32. The first-order valence-electron chi connectivity index (χ1n) is 17.0. The van der Waals surface area contributed by atoms with Crippen LogP contribution in [0.4, 0.5) is 0 Å². The normalized spacial score (nSPS) is 17.8. The molecular weight excluding hydrogens is 704 g/mol. The number of aromatic carboxylic acids is 1. The van der Waals surface area contributed by atoms with Crippen molar-refractivity contribution in [3.63, 3.8) is 0 Å². The van der Waals surface area contributed by atoms with E-state index in [0.29, 0.717) is 50.5 Å². The smallest absolute Gasteiger partial charge is 0.352 e. The van der Waals surface area contributed by atoms with Gasteiger partial charge in [-0.3, -0.25) is 9.48 Å². The fraction of sp³-hybridized carbons (Fsp3) is 0.342. The molecule has 0 spiro atoms. The number of hydrogen-bond donors (Lipinski definition) is 2. The van der Waals surface area contributed by atoms with Crippen LogP contribution >= 0.6 is 35.1 Å². The lowest BCUT2D eigenvalue weighted by Gasteiger charge is -2.37. The first kappa shape index (κ1) is 35.3. The van der Waals surface area contributed by atoms with E-state index in [-0.39, 0.29) is 11.6 Å². The van der Waals surface area contributed by atoms with Crippen LogP contribution in [0.15, 0.2) is 65.2 Å². The van der Waals surface area contributed by atoms with E-state index >= 15 is 0 Å². The predicted octanol–water partition coefficient (Wildman–Crippen LogP) is 7.11. The Bertz CT molecular complexity index is 2190. The van der Waals surface area contributed by atoms with Crippen LogP contribution in [-0.4, -0.2) is 73.2 Å². The standard InChI is InChI=1S/C38H41ClN6O4S2/c1-23(46)44-13-14-45(40)33(20-44)31-12-16-50-21-25-18-26(43(3)41-25)22-51-27-17-24-7-4-5-8-28(24)34(19-27)49-15-6-9-29-30-10-11-32(39)35(31)36(30)42(2)37(29)38(47)48/h4-5,7-8,10-11,17-19H,6,9,12-16,20-22,40H2,1-3H3,(H,47,48)/b33-31+. The lowest BCUT2D eigenvalue weighted by molar-refractivity contribution is -0.129. The van der Waals surface area contributed by atoms with Crippen molar-refractivity contribution >= 4 is 74.2 Å². The molecular formula is C38H41ClN6O4S2. The highest BCUT2D eigenvalue weighted by atomic mass is 35.5. The van der Waals surface area contributed by atoms with Gasteiger partial charge in [0.25, 0.3) is 0 Å². The van der Waals surface area contributed by atoms with Gasteiger partial charge in [0.05, 0.1) is 41.6 Å². The van der Waals surface area contributed by atoms with E-state index in [2.05, 4.69) is 30.3 Å². The number of carbonyl (C=O) groups is 2. The molecule has 2 aliphatic rings. The molecule has 5 aromatic rings. The minimum Gasteiger partial charge on any atom is -0.493 e. The number of thioether (sulfide) groups is 2. The molecule has 2 aliphatic heterocycles. The van der Waals surface area contributed by atoms with Gasteiger partial charge >= 0.3 is 5.97 Å². The van der Waals surface area contributed by atoms with Crippen molar-refractivity contribution in [3.8, 4) is 5.75 Å². The van der Waals surface area contributed by atoms with Crippen molar-refractivity contribution < 1.29 is 19.4 Å². The monoisotopic (exact) mass is 744 g/mol. The first-order chi connectivity index (χ1) is 24.6. The number of carbonyl (C=O) groups excluding carboxylic acids is 1. The number of aryl methyl sites for hydroxylation is 3. The second-order valence-electron chi connectivity index (χ2n) is 13.0. The number of allylic oxidation sites excluding steroid dienone is 1. The minimum atomic E-state index is -1.00. The Morgan fingerprint density at radius 2 is 1.84 bits per heavy atom. The fourth-order valence-electron chi connectivity index (χ4n) is 7.25. The van der Waals surface area contributed by atoms with Crippen LogP contribution in [0, 0.1) is 0 Å². The zero-order valence-electron chi connectivity index (χ0n) is 28.9. The van der Waals surface area contributed by atoms with Crippen LogP contribution in [0.2, 0.25) is 5.02 Å². The third kappa shape index (κ3) is 7.06. The van der Waals surface area contributed by atoms with Crippen LogP contribution in [0.5, 0.6) is 5.75 Å². The van der Waals surface area contributed by atoms with Crippen molar-refractivity contribution in [3.05, 3.63) is 93.5 Å². The van der Waals surface area contributed by atoms with E-state index in [1.54, 1.807) is 52.0 Å². The highest BCUT2D eigenvalue weighted by Crippen LogP contribution is 2.41. The Hall–Kier alpha value is -4.10. The van der Waals surface area contributed by atoms with Crippen molar-refractivity contribution in [2.24, 2.45) is 19.9 Å². The Morgan fingerprint density at radius 1 is 1.02 bits per heavy atom. The number of carboxylic acid groups (broad SMARTS) is 1. The third-order valence-corrected chi connectivity index (χ3v) is 12.1. The van der Waals surface area contributed by atoms with Gasteiger partial charge in [-0.2, -0.15) is 16.9 Å². The Balaban J connectivity index is 1.35. The molecule has 0 saturated carbocycles. The lowest BCUT2D eigenvalue weighted by Crippen LogP contribution is -2.49. The summed E-state index contributed by atoms with van der Waals surface area (Å²) in [4.78, 5) is 28.3. The van der Waals surface area contributed by atoms with Gasteiger partial charge in [-0.05, 0) is 65.8 Å². The number of rotatable bonds is 1. The Morgan fingerprint density at radius 3 is 2.65 bits per heavy atom. The van der Waals surface area contributed by atoms with Crippen LogP contribution < -0.4 is 10.6 Å². The van der Waals surface area contributed by atoms with Crippen LogP contribution in [0.25, 0.3) is 27.2 Å². The maximum Gasteiger partial charge on any atom is 0.352 e. The minimum absolute atomic E-state index is 0.0253. The molecule has 3 aromatic carbocycles. The molecule has 0 atom stereocenters. The maximum atomic E-state index is 12.9. The largest absolute Gasteiger partial charge is 0.493 e. The Labute approximate surface area is 310 Å². The number of nitrogens with zero attached hydrogens (tertiary/aromatic N) is 5. The van der Waals surface area contributed by atoms with E-state index in [1.165, 1.54) is 0 Å². The molecule has 51 heavy (non-hydrogen) atoms. The molecule has 4 heterocycles. The fourth-order valence-corrected chi connectivity index (χ4v) is 9.34. The predicted molar refractivity (Wildman–Crippen MR) is 206 cm³/mol. The maximum absolute atomic E-state index is 12.9. The highest BCUT2D eigenvalue weighted by molar-refractivity contribution is 7.98. The summed E-state index contributed by atoms with van der Waals surface area (Å²) in [6, 6.07) is 18.5. The van der Waals surface area contributed by atoms with E-state index in [1.807, 2.05) is 36.0 Å². The van der Waals surface area contributed by atoms with Crippen molar-refractivity contribution in [1.29, 1.82) is 0 Å². The molecule has 1 fully saturated rings. The summed E-state index contributed by atoms with van der Waals surface area (Å²) < 4.78 is 10.2. The summed E-state index contributed by atoms with van der Waals surface area (Å²) >= 11 is 10.6. The van der Waals surface area contributed by atoms with E-state index in [0.717, 1.165) is 83.4 Å². The number of fused-ring (bicyclic) bond motifs is 6. The van der Waals surface area contributed by atoms with E-state index < -0.39 is 5.97 Å². The highest BCUT2D eigenvalue weighted by Gasteiger charge is 2.29. The summed E-state index contributed by atoms with van der Waals surface area (Å²) in [5, 5.41) is 20.6. The summed E-state index contributed by atoms with van der Waals surface area (Å²) in [5.74, 6) is 8.65. The zero-order chi connectivity index (χ0) is 35.8. The SMILES string of the molecule is CC(=O)N1CCN(N)/C(=C2\CCSCc3cc(n(C)n3)CSc3cc(c4ccccc4c3)OCCCc3c(C(=O)O)n(C)c4c2c(Cl)ccc34)C1. The van der Waals surface area contributed by atoms with Crippen molar-refractivity contribution in [2.45, 2.75) is 42.6 Å². The van der Waals surface area contributed by atoms with E-state index in [4.69, 9.17) is 27.3 Å². The van der Waals surface area contributed by atoms with Gasteiger partial charge < -0.3 is 24.3 Å². The van der Waals surface area contributed by atoms with E-state index in [9.17, 15) is 14.7 Å². The molecule has 0 aliphatic carbocycles. The number of hydrazine groups is 1. The average molecular weight is 745 g/mol. The van der Waals surface area contributed by atoms with Gasteiger partial charge in [0.2, 0.25) is 5.91 Å². The molecule has 7 rings (SSSR count). The van der Waals surface area contributed by atoms with Gasteiger partial charge in [-0.25, -0.2) is 10.6 Å². The molecule has 3 N–H and O–H groups in total. The molecule has 1 saturated heterocycles. The van der Waals surface area contributed by atoms with Gasteiger partial charge in [0.1, 0.15) is 11.4 Å². The molecule has 2 aromatic heterocycles. The molecule has 266 valence electrons. The van der Waals surface area contributed by atoms with Crippen molar-refractivity contribution in [2.75, 3.05) is 32.0 Å². The molecule has 10 nitrogen and oxygen atoms in total. The number of halogens is 1. The molecule has 1 amide bonds. The third-order valence-electron chi connectivity index (χ3n) is 9.79. The van der Waals surface area contributed by atoms with Crippen molar-refractivity contribution in [1.82, 2.24) is 24.3 Å². The van der Waals surface area contributed by atoms with Crippen LogP contribution in [0.3, 0.4) is 0 Å². The van der Waals surface area contributed by atoms with Gasteiger partial charge in [0, 0.05) is 66.0 Å². The average Bonchev–Trinajstić information content (AvgIpc) is 3.61. The number of ether oxygens (including phenoxy) is 1. The number of aromatic nitrogens is 3. The molecule has 13 heteroatoms. The summed E-state index contributed by atoms with van der Waals surface area (Å²) in [6.07, 6.45) is 1.71. The molecule has 0 radical (unpaired) electrons. The Kier molecular flexibility index (Phi) is 10.3. The van der Waals surface area contributed by atoms with Gasteiger partial charge in [-0.1, -0.05) is 41.9 Å². The molecule has 8 bridgehead atoms. The number of nitrogens with two attached hydrogens (primary N) is 1. The summed E-state index contributed by atoms with van der Waals surface area (Å²) in [6.45, 7) is 3.32. The summed E-state index contributed by atoms with van der Waals surface area (Å²) in [7, 11) is 3.78. The lowest BCUT2D eigenvalue weighted by atomic mass is 9.95. The number of carboxylic acids is 1. The van der Waals surface area contributed by atoms with Crippen LogP contribution in [-0.2, 0) is 36.8 Å². The number of benzene rings is 3. The number of amides is 1. The second-order valence-corrected chi connectivity index (χ2v) is 15.6. The zero-order valence-corrected chi connectivity index (χ0v) is 31.3.